The normalized spacial score (nSPS) is 29.5. The summed E-state index contributed by atoms with van der Waals surface area (Å²) >= 11 is 0. The Morgan fingerprint density at radius 1 is 1.58 bits per heavy atom. The van der Waals surface area contributed by atoms with Gasteiger partial charge in [-0.05, 0) is 33.0 Å². The first kappa shape index (κ1) is 10.2. The standard InChI is InChI=1S/C9H21NOSi/c1-4-8(10(2)3)9-6-5-7-12-11-9/h8-9H,4-7,12H2,1-3H3. The van der Waals surface area contributed by atoms with Crippen LogP contribution in [0.5, 0.6) is 0 Å². The number of nitrogens with zero attached hydrogens (tertiary/aromatic N) is 1. The van der Waals surface area contributed by atoms with E-state index in [-0.39, 0.29) is 9.76 Å². The van der Waals surface area contributed by atoms with Crippen LogP contribution < -0.4 is 0 Å². The largest absolute Gasteiger partial charge is 0.420 e. The molecule has 1 heterocycles. The number of hydrogen-bond acceptors (Lipinski definition) is 2. The highest BCUT2D eigenvalue weighted by Gasteiger charge is 2.23. The monoisotopic (exact) mass is 187 g/mol. The molecule has 2 unspecified atom stereocenters. The van der Waals surface area contributed by atoms with Gasteiger partial charge in [0, 0.05) is 6.04 Å². The second-order valence-corrected chi connectivity index (χ2v) is 5.29. The summed E-state index contributed by atoms with van der Waals surface area (Å²) in [6.07, 6.45) is 4.45. The summed E-state index contributed by atoms with van der Waals surface area (Å²) in [7, 11) is 4.17. The van der Waals surface area contributed by atoms with E-state index < -0.39 is 0 Å². The van der Waals surface area contributed by atoms with E-state index in [9.17, 15) is 0 Å². The molecule has 0 amide bonds. The third-order valence-corrected chi connectivity index (χ3v) is 4.18. The lowest BCUT2D eigenvalue weighted by molar-refractivity contribution is 0.0804. The van der Waals surface area contributed by atoms with E-state index in [0.717, 1.165) is 0 Å². The Morgan fingerprint density at radius 2 is 2.33 bits per heavy atom. The Labute approximate surface area is 78.2 Å². The maximum absolute atomic E-state index is 5.89. The van der Waals surface area contributed by atoms with Crippen molar-refractivity contribution in [2.24, 2.45) is 0 Å². The van der Waals surface area contributed by atoms with Gasteiger partial charge in [-0.2, -0.15) is 0 Å². The van der Waals surface area contributed by atoms with Gasteiger partial charge in [-0.1, -0.05) is 13.3 Å². The van der Waals surface area contributed by atoms with Crippen LogP contribution in [0.15, 0.2) is 0 Å². The van der Waals surface area contributed by atoms with Gasteiger partial charge in [0.1, 0.15) is 0 Å². The van der Waals surface area contributed by atoms with Gasteiger partial charge in [-0.25, -0.2) is 0 Å². The summed E-state index contributed by atoms with van der Waals surface area (Å²) < 4.78 is 5.89. The molecule has 1 aliphatic heterocycles. The highest BCUT2D eigenvalue weighted by atomic mass is 28.2. The fraction of sp³-hybridized carbons (Fsp3) is 1.00. The Bertz CT molecular complexity index is 124. The summed E-state index contributed by atoms with van der Waals surface area (Å²) in [6, 6.07) is 2.04. The van der Waals surface area contributed by atoms with Crippen molar-refractivity contribution in [3.63, 3.8) is 0 Å². The summed E-state index contributed by atoms with van der Waals surface area (Å²) in [5.41, 5.74) is 0. The molecule has 0 N–H and O–H groups in total. The molecule has 0 saturated carbocycles. The van der Waals surface area contributed by atoms with Crippen LogP contribution in [0.1, 0.15) is 26.2 Å². The lowest BCUT2D eigenvalue weighted by Crippen LogP contribution is -2.42. The molecule has 0 radical (unpaired) electrons. The Hall–Kier alpha value is 0.137. The van der Waals surface area contributed by atoms with E-state index in [2.05, 4.69) is 25.9 Å². The van der Waals surface area contributed by atoms with Gasteiger partial charge in [0.2, 0.25) is 0 Å². The van der Waals surface area contributed by atoms with Gasteiger partial charge in [0.05, 0.1) is 6.10 Å². The van der Waals surface area contributed by atoms with Gasteiger partial charge >= 0.3 is 0 Å². The van der Waals surface area contributed by atoms with Crippen LogP contribution in [-0.2, 0) is 4.43 Å². The minimum absolute atomic E-state index is 0.150. The van der Waals surface area contributed by atoms with E-state index in [0.29, 0.717) is 12.1 Å². The molecule has 0 aromatic carbocycles. The molecule has 1 rings (SSSR count). The maximum Gasteiger partial charge on any atom is 0.162 e. The summed E-state index contributed by atoms with van der Waals surface area (Å²) in [5, 5.41) is 0. The number of hydrogen-bond donors (Lipinski definition) is 0. The molecule has 1 aliphatic rings. The van der Waals surface area contributed by atoms with E-state index in [1.807, 2.05) is 0 Å². The molecule has 12 heavy (non-hydrogen) atoms. The van der Waals surface area contributed by atoms with Crippen LogP contribution in [-0.4, -0.2) is 40.9 Å². The van der Waals surface area contributed by atoms with Gasteiger partial charge < -0.3 is 9.33 Å². The summed E-state index contributed by atoms with van der Waals surface area (Å²) in [4.78, 5) is 2.31. The molecule has 0 aromatic heterocycles. The van der Waals surface area contributed by atoms with Crippen LogP contribution in [0.2, 0.25) is 6.04 Å². The minimum atomic E-state index is -0.150. The molecule has 72 valence electrons. The molecule has 2 atom stereocenters. The first-order valence-corrected chi connectivity index (χ1v) is 6.61. The molecule has 0 bridgehead atoms. The second-order valence-electron chi connectivity index (χ2n) is 3.84. The van der Waals surface area contributed by atoms with Gasteiger partial charge in [-0.15, -0.1) is 0 Å². The van der Waals surface area contributed by atoms with Crippen LogP contribution in [0.4, 0.5) is 0 Å². The SMILES string of the molecule is CCC(C1CCC[SiH2]O1)N(C)C. The molecule has 1 fully saturated rings. The van der Waals surface area contributed by atoms with Crippen LogP contribution in [0.25, 0.3) is 0 Å². The Kier molecular flexibility index (Phi) is 4.25. The van der Waals surface area contributed by atoms with Crippen molar-refractivity contribution < 1.29 is 4.43 Å². The highest BCUT2D eigenvalue weighted by molar-refractivity contribution is 6.27. The third-order valence-electron chi connectivity index (χ3n) is 2.73. The zero-order valence-electron chi connectivity index (χ0n) is 8.55. The molecular weight excluding hydrogens is 166 g/mol. The smallest absolute Gasteiger partial charge is 0.162 e. The number of likely N-dealkylation sites (N-methyl/N-ethyl adjacent to an activating group) is 1. The van der Waals surface area contributed by atoms with Gasteiger partial charge in [0.25, 0.3) is 0 Å². The lowest BCUT2D eigenvalue weighted by atomic mass is 10.0. The highest BCUT2D eigenvalue weighted by Crippen LogP contribution is 2.19. The van der Waals surface area contributed by atoms with Crippen LogP contribution >= 0.6 is 0 Å². The van der Waals surface area contributed by atoms with Crippen molar-refractivity contribution in [3.05, 3.63) is 0 Å². The maximum atomic E-state index is 5.89. The van der Waals surface area contributed by atoms with Crippen molar-refractivity contribution >= 4 is 9.76 Å². The molecule has 2 nitrogen and oxygen atoms in total. The molecule has 3 heteroatoms. The fourth-order valence-corrected chi connectivity index (χ4v) is 3.38. The molecule has 0 spiro atoms. The Balaban J connectivity index is 2.40. The van der Waals surface area contributed by atoms with Crippen molar-refractivity contribution in [2.45, 2.75) is 44.4 Å². The van der Waals surface area contributed by atoms with E-state index in [4.69, 9.17) is 4.43 Å². The quantitative estimate of drug-likeness (QED) is 0.611. The van der Waals surface area contributed by atoms with Gasteiger partial charge in [-0.3, -0.25) is 0 Å². The van der Waals surface area contributed by atoms with Crippen molar-refractivity contribution in [1.29, 1.82) is 0 Å². The lowest BCUT2D eigenvalue weighted by Gasteiger charge is -2.34. The first-order valence-electron chi connectivity index (χ1n) is 5.03. The average Bonchev–Trinajstić information content (AvgIpc) is 2.07. The van der Waals surface area contributed by atoms with Crippen LogP contribution in [0, 0.1) is 0 Å². The minimum Gasteiger partial charge on any atom is -0.420 e. The topological polar surface area (TPSA) is 12.5 Å². The van der Waals surface area contributed by atoms with Crippen molar-refractivity contribution in [3.8, 4) is 0 Å². The number of rotatable bonds is 3. The van der Waals surface area contributed by atoms with E-state index in [1.54, 1.807) is 0 Å². The van der Waals surface area contributed by atoms with Gasteiger partial charge in [0.15, 0.2) is 9.76 Å². The molecule has 1 saturated heterocycles. The van der Waals surface area contributed by atoms with Crippen molar-refractivity contribution in [2.75, 3.05) is 14.1 Å². The zero-order valence-corrected chi connectivity index (χ0v) is 9.96. The predicted molar refractivity (Wildman–Crippen MR) is 55.2 cm³/mol. The fourth-order valence-electron chi connectivity index (χ4n) is 2.03. The first-order chi connectivity index (χ1) is 5.75. The molecule has 0 aromatic rings. The average molecular weight is 187 g/mol. The molecule has 0 aliphatic carbocycles. The Morgan fingerprint density at radius 3 is 2.75 bits per heavy atom. The molecular formula is C9H21NOSi. The van der Waals surface area contributed by atoms with E-state index in [1.165, 1.54) is 25.3 Å². The van der Waals surface area contributed by atoms with Crippen LogP contribution in [0.3, 0.4) is 0 Å². The van der Waals surface area contributed by atoms with E-state index >= 15 is 0 Å². The predicted octanol–water partition coefficient (Wildman–Crippen LogP) is 1.01. The van der Waals surface area contributed by atoms with Crippen molar-refractivity contribution in [1.82, 2.24) is 4.90 Å². The summed E-state index contributed by atoms with van der Waals surface area (Å²) in [6.45, 7) is 2.25. The zero-order chi connectivity index (χ0) is 8.97. The second kappa shape index (κ2) is 4.99. The third kappa shape index (κ3) is 2.57. The summed E-state index contributed by atoms with van der Waals surface area (Å²) in [5.74, 6) is 0.